The normalized spacial score (nSPS) is 13.7. The molecule has 184 valence electrons. The summed E-state index contributed by atoms with van der Waals surface area (Å²) in [5, 5.41) is 7.58. The molecule has 1 aliphatic heterocycles. The van der Waals surface area contributed by atoms with Gasteiger partial charge in [-0.1, -0.05) is 48.5 Å². The van der Waals surface area contributed by atoms with Crippen LogP contribution in [0.1, 0.15) is 27.4 Å². The van der Waals surface area contributed by atoms with Crippen molar-refractivity contribution >= 4 is 28.4 Å². The molecule has 2 aromatic carbocycles. The zero-order chi connectivity index (χ0) is 25.4. The van der Waals surface area contributed by atoms with E-state index in [2.05, 4.69) is 15.4 Å². The summed E-state index contributed by atoms with van der Waals surface area (Å²) in [5.74, 6) is -0.383. The minimum absolute atomic E-state index is 0.00507. The lowest BCUT2D eigenvalue weighted by atomic mass is 9.98. The van der Waals surface area contributed by atoms with Crippen LogP contribution in [0.5, 0.6) is 0 Å². The van der Waals surface area contributed by atoms with E-state index in [0.29, 0.717) is 36.2 Å². The van der Waals surface area contributed by atoms with E-state index in [1.54, 1.807) is 29.0 Å². The molecule has 0 aliphatic carbocycles. The number of hydrogen-bond donors (Lipinski definition) is 1. The standard InChI is InChI=1S/C28H24N6O3/c35-26(18-32-13-11-24-23(28(32)37)15-29-25-10-12-31-34(24)25)30-14-21(19-6-2-1-3-7-19)17-33-16-20-8-4-5-9-22(20)27(33)36/h1-13,15,21H,14,16-18H2,(H,30,35). The summed E-state index contributed by atoms with van der Waals surface area (Å²) in [5.41, 5.74) is 3.75. The predicted octanol–water partition coefficient (Wildman–Crippen LogP) is 2.60. The molecule has 1 atom stereocenters. The van der Waals surface area contributed by atoms with Crippen molar-refractivity contribution in [1.29, 1.82) is 0 Å². The van der Waals surface area contributed by atoms with Crippen LogP contribution in [0.15, 0.2) is 90.1 Å². The lowest BCUT2D eigenvalue weighted by Crippen LogP contribution is -2.38. The molecule has 1 N–H and O–H groups in total. The van der Waals surface area contributed by atoms with Crippen LogP contribution in [0.2, 0.25) is 0 Å². The van der Waals surface area contributed by atoms with Crippen LogP contribution in [-0.4, -0.2) is 49.0 Å². The number of amides is 2. The molecule has 2 amide bonds. The number of carbonyl (C=O) groups excluding carboxylic acids is 2. The first-order valence-electron chi connectivity index (χ1n) is 12.1. The first-order valence-corrected chi connectivity index (χ1v) is 12.1. The molecule has 0 spiro atoms. The van der Waals surface area contributed by atoms with Gasteiger partial charge in [0.2, 0.25) is 5.91 Å². The molecular weight excluding hydrogens is 468 g/mol. The van der Waals surface area contributed by atoms with Crippen molar-refractivity contribution in [2.45, 2.75) is 19.0 Å². The van der Waals surface area contributed by atoms with E-state index < -0.39 is 0 Å². The maximum Gasteiger partial charge on any atom is 0.262 e. The molecule has 37 heavy (non-hydrogen) atoms. The molecule has 0 radical (unpaired) electrons. The summed E-state index contributed by atoms with van der Waals surface area (Å²) in [4.78, 5) is 45.0. The second-order valence-electron chi connectivity index (χ2n) is 9.16. The highest BCUT2D eigenvalue weighted by molar-refractivity contribution is 5.98. The summed E-state index contributed by atoms with van der Waals surface area (Å²) in [7, 11) is 0. The quantitative estimate of drug-likeness (QED) is 0.376. The lowest BCUT2D eigenvalue weighted by molar-refractivity contribution is -0.121. The van der Waals surface area contributed by atoms with E-state index in [4.69, 9.17) is 0 Å². The fourth-order valence-electron chi connectivity index (χ4n) is 4.91. The van der Waals surface area contributed by atoms with Crippen molar-refractivity contribution in [3.63, 3.8) is 0 Å². The van der Waals surface area contributed by atoms with E-state index in [1.807, 2.05) is 59.5 Å². The molecule has 9 nitrogen and oxygen atoms in total. The predicted molar refractivity (Wildman–Crippen MR) is 138 cm³/mol. The molecule has 0 fully saturated rings. The topological polar surface area (TPSA) is 102 Å². The number of nitrogens with zero attached hydrogens (tertiary/aromatic N) is 5. The van der Waals surface area contributed by atoms with Gasteiger partial charge in [0.25, 0.3) is 11.5 Å². The highest BCUT2D eigenvalue weighted by Gasteiger charge is 2.29. The van der Waals surface area contributed by atoms with Crippen molar-refractivity contribution in [2.75, 3.05) is 13.1 Å². The highest BCUT2D eigenvalue weighted by Crippen LogP contribution is 2.26. The maximum absolute atomic E-state index is 13.0. The van der Waals surface area contributed by atoms with Crippen molar-refractivity contribution in [2.24, 2.45) is 0 Å². The van der Waals surface area contributed by atoms with Crippen LogP contribution in [0.3, 0.4) is 0 Å². The van der Waals surface area contributed by atoms with Crippen molar-refractivity contribution in [3.05, 3.63) is 112 Å². The molecule has 1 unspecified atom stereocenters. The van der Waals surface area contributed by atoms with Gasteiger partial charge in [0.15, 0.2) is 5.65 Å². The largest absolute Gasteiger partial charge is 0.354 e. The number of rotatable bonds is 7. The van der Waals surface area contributed by atoms with E-state index in [9.17, 15) is 14.4 Å². The van der Waals surface area contributed by atoms with Crippen LogP contribution in [-0.2, 0) is 17.9 Å². The highest BCUT2D eigenvalue weighted by atomic mass is 16.2. The Morgan fingerprint density at radius 3 is 2.65 bits per heavy atom. The van der Waals surface area contributed by atoms with Crippen molar-refractivity contribution < 1.29 is 9.59 Å². The van der Waals surface area contributed by atoms with Crippen LogP contribution in [0.25, 0.3) is 16.6 Å². The van der Waals surface area contributed by atoms with Gasteiger partial charge in [-0.2, -0.15) is 5.10 Å². The van der Waals surface area contributed by atoms with Gasteiger partial charge in [0.05, 0.1) is 17.1 Å². The summed E-state index contributed by atoms with van der Waals surface area (Å²) >= 11 is 0. The number of carbonyl (C=O) groups is 2. The third-order valence-electron chi connectivity index (χ3n) is 6.82. The van der Waals surface area contributed by atoms with Crippen molar-refractivity contribution in [1.82, 2.24) is 29.4 Å². The summed E-state index contributed by atoms with van der Waals surface area (Å²) in [6.45, 7) is 1.23. The molecule has 0 bridgehead atoms. The van der Waals surface area contributed by atoms with E-state index in [0.717, 1.165) is 16.7 Å². The molecule has 0 saturated heterocycles. The maximum atomic E-state index is 13.0. The molecular formula is C28H24N6O3. The number of nitrogens with one attached hydrogen (secondary N) is 1. The summed E-state index contributed by atoms with van der Waals surface area (Å²) < 4.78 is 2.97. The Morgan fingerprint density at radius 1 is 1.00 bits per heavy atom. The van der Waals surface area contributed by atoms with Crippen LogP contribution in [0.4, 0.5) is 0 Å². The molecule has 9 heteroatoms. The van der Waals surface area contributed by atoms with E-state index in [1.165, 1.54) is 10.8 Å². The van der Waals surface area contributed by atoms with Crippen LogP contribution in [0, 0.1) is 0 Å². The van der Waals surface area contributed by atoms with Gasteiger partial charge in [0, 0.05) is 49.6 Å². The Morgan fingerprint density at radius 2 is 1.81 bits per heavy atom. The van der Waals surface area contributed by atoms with Gasteiger partial charge < -0.3 is 14.8 Å². The van der Waals surface area contributed by atoms with Crippen molar-refractivity contribution in [3.8, 4) is 0 Å². The number of pyridine rings is 1. The Hall–Kier alpha value is -4.79. The molecule has 0 saturated carbocycles. The minimum Gasteiger partial charge on any atom is -0.354 e. The number of fused-ring (bicyclic) bond motifs is 4. The Bertz CT molecular complexity index is 1690. The van der Waals surface area contributed by atoms with Crippen LogP contribution < -0.4 is 10.9 Å². The number of benzene rings is 2. The average Bonchev–Trinajstić information content (AvgIpc) is 3.53. The second kappa shape index (κ2) is 9.34. The Labute approximate surface area is 212 Å². The zero-order valence-corrected chi connectivity index (χ0v) is 19.9. The fraction of sp³-hybridized carbons (Fsp3) is 0.179. The molecule has 3 aromatic heterocycles. The fourth-order valence-corrected chi connectivity index (χ4v) is 4.91. The molecule has 6 rings (SSSR count). The molecule has 5 aromatic rings. The third kappa shape index (κ3) is 4.24. The number of hydrogen-bond acceptors (Lipinski definition) is 5. The Kier molecular flexibility index (Phi) is 5.72. The average molecular weight is 493 g/mol. The van der Waals surface area contributed by atoms with Crippen LogP contribution >= 0.6 is 0 Å². The van der Waals surface area contributed by atoms with E-state index in [-0.39, 0.29) is 29.8 Å². The van der Waals surface area contributed by atoms with Gasteiger partial charge in [-0.25, -0.2) is 9.50 Å². The number of aromatic nitrogens is 4. The lowest BCUT2D eigenvalue weighted by Gasteiger charge is -2.24. The second-order valence-corrected chi connectivity index (χ2v) is 9.16. The van der Waals surface area contributed by atoms with Gasteiger partial charge in [-0.05, 0) is 23.3 Å². The zero-order valence-electron chi connectivity index (χ0n) is 19.9. The smallest absolute Gasteiger partial charge is 0.262 e. The first kappa shape index (κ1) is 22.7. The minimum atomic E-state index is -0.308. The summed E-state index contributed by atoms with van der Waals surface area (Å²) in [6, 6.07) is 21.0. The molecule has 1 aliphatic rings. The SMILES string of the molecule is O=C(Cn1ccc2c(cnc3ccnn32)c1=O)NCC(CN1Cc2ccccc2C1=O)c1ccccc1. The third-order valence-corrected chi connectivity index (χ3v) is 6.82. The molecule has 4 heterocycles. The van der Waals surface area contributed by atoms with Gasteiger partial charge in [-0.15, -0.1) is 0 Å². The summed E-state index contributed by atoms with van der Waals surface area (Å²) in [6.07, 6.45) is 4.73. The first-order chi connectivity index (χ1) is 18.1. The Balaban J connectivity index is 1.18. The van der Waals surface area contributed by atoms with Gasteiger partial charge in [-0.3, -0.25) is 14.4 Å². The van der Waals surface area contributed by atoms with Gasteiger partial charge >= 0.3 is 0 Å². The monoisotopic (exact) mass is 492 g/mol. The van der Waals surface area contributed by atoms with Gasteiger partial charge in [0.1, 0.15) is 6.54 Å². The van der Waals surface area contributed by atoms with E-state index >= 15 is 0 Å².